The Labute approximate surface area is 121 Å². The minimum absolute atomic E-state index is 0.294. The van der Waals surface area contributed by atoms with Gasteiger partial charge >= 0.3 is 0 Å². The molecule has 4 nitrogen and oxygen atoms in total. The summed E-state index contributed by atoms with van der Waals surface area (Å²) in [5.74, 6) is -0.294. The number of aliphatic hydroxyl groups excluding tert-OH is 1. The number of rotatable bonds is 4. The van der Waals surface area contributed by atoms with E-state index in [9.17, 15) is 9.50 Å². The van der Waals surface area contributed by atoms with E-state index in [1.54, 1.807) is 30.7 Å². The lowest BCUT2D eigenvalue weighted by Crippen LogP contribution is -2.02. The molecular weight excluding hydrogens is 269 g/mol. The largest absolute Gasteiger partial charge is 0.388 e. The van der Waals surface area contributed by atoms with E-state index in [2.05, 4.69) is 15.2 Å². The maximum absolute atomic E-state index is 13.0. The van der Waals surface area contributed by atoms with E-state index in [1.807, 2.05) is 12.1 Å². The highest BCUT2D eigenvalue weighted by Crippen LogP contribution is 2.28. The molecule has 0 aliphatic heterocycles. The molecule has 2 N–H and O–H groups in total. The van der Waals surface area contributed by atoms with Crippen LogP contribution in [0.3, 0.4) is 0 Å². The zero-order valence-corrected chi connectivity index (χ0v) is 11.2. The molecule has 0 saturated heterocycles. The summed E-state index contributed by atoms with van der Waals surface area (Å²) in [4.78, 5) is 3.95. The Kier molecular flexibility index (Phi) is 3.75. The van der Waals surface area contributed by atoms with Gasteiger partial charge in [0.25, 0.3) is 0 Å². The van der Waals surface area contributed by atoms with Crippen LogP contribution in [0.2, 0.25) is 0 Å². The van der Waals surface area contributed by atoms with Crippen molar-refractivity contribution in [2.45, 2.75) is 12.5 Å². The lowest BCUT2D eigenvalue weighted by molar-refractivity contribution is 0.179. The van der Waals surface area contributed by atoms with Gasteiger partial charge in [-0.2, -0.15) is 5.10 Å². The average Bonchev–Trinajstić information content (AvgIpc) is 2.98. The Bertz CT molecular complexity index is 710. The Morgan fingerprint density at radius 1 is 1.10 bits per heavy atom. The van der Waals surface area contributed by atoms with Gasteiger partial charge in [-0.3, -0.25) is 10.1 Å². The van der Waals surface area contributed by atoms with Crippen LogP contribution in [-0.2, 0) is 6.42 Å². The predicted molar refractivity (Wildman–Crippen MR) is 76.9 cm³/mol. The van der Waals surface area contributed by atoms with Gasteiger partial charge in [0.15, 0.2) is 0 Å². The first-order chi connectivity index (χ1) is 10.2. The maximum Gasteiger partial charge on any atom is 0.123 e. The van der Waals surface area contributed by atoms with E-state index >= 15 is 0 Å². The molecule has 0 amide bonds. The fourth-order valence-corrected chi connectivity index (χ4v) is 2.25. The maximum atomic E-state index is 13.0. The summed E-state index contributed by atoms with van der Waals surface area (Å²) in [6.07, 6.45) is 4.77. The third kappa shape index (κ3) is 2.98. The molecule has 21 heavy (non-hydrogen) atoms. The van der Waals surface area contributed by atoms with Crippen LogP contribution in [0.1, 0.15) is 17.2 Å². The second-order valence-electron chi connectivity index (χ2n) is 4.78. The minimum atomic E-state index is -0.689. The van der Waals surface area contributed by atoms with E-state index in [1.165, 1.54) is 12.1 Å². The smallest absolute Gasteiger partial charge is 0.123 e. The number of aromatic amines is 1. The van der Waals surface area contributed by atoms with Gasteiger partial charge in [0.05, 0.1) is 18.0 Å². The van der Waals surface area contributed by atoms with Gasteiger partial charge in [-0.05, 0) is 42.0 Å². The van der Waals surface area contributed by atoms with Crippen molar-refractivity contribution in [1.82, 2.24) is 15.2 Å². The molecule has 0 aliphatic rings. The number of hydrogen-bond acceptors (Lipinski definition) is 3. The third-order valence-electron chi connectivity index (χ3n) is 3.34. The van der Waals surface area contributed by atoms with Crippen molar-refractivity contribution < 1.29 is 9.50 Å². The van der Waals surface area contributed by atoms with Crippen LogP contribution in [0.25, 0.3) is 11.3 Å². The van der Waals surface area contributed by atoms with E-state index in [4.69, 9.17) is 0 Å². The van der Waals surface area contributed by atoms with Crippen LogP contribution in [0.4, 0.5) is 4.39 Å². The number of nitrogens with one attached hydrogen (secondary N) is 1. The highest BCUT2D eigenvalue weighted by atomic mass is 19.1. The number of nitrogens with zero attached hydrogens (tertiary/aromatic N) is 2. The molecule has 1 aromatic carbocycles. The molecule has 1 unspecified atom stereocenters. The Balaban J connectivity index is 1.86. The summed E-state index contributed by atoms with van der Waals surface area (Å²) in [6, 6.07) is 9.81. The second-order valence-corrected chi connectivity index (χ2v) is 4.78. The van der Waals surface area contributed by atoms with Gasteiger partial charge in [0.2, 0.25) is 0 Å². The summed E-state index contributed by atoms with van der Waals surface area (Å²) in [5.41, 5.74) is 3.18. The highest BCUT2D eigenvalue weighted by Gasteiger charge is 2.16. The van der Waals surface area contributed by atoms with Crippen LogP contribution >= 0.6 is 0 Å². The molecule has 1 atom stereocenters. The number of pyridine rings is 1. The first kappa shape index (κ1) is 13.5. The quantitative estimate of drug-likeness (QED) is 0.774. The van der Waals surface area contributed by atoms with Gasteiger partial charge in [0, 0.05) is 29.9 Å². The monoisotopic (exact) mass is 283 g/mol. The molecule has 2 heterocycles. The fraction of sp³-hybridized carbons (Fsp3) is 0.125. The summed E-state index contributed by atoms with van der Waals surface area (Å²) in [5, 5.41) is 17.3. The summed E-state index contributed by atoms with van der Waals surface area (Å²) in [6.45, 7) is 0. The molecule has 3 rings (SSSR count). The first-order valence-corrected chi connectivity index (χ1v) is 6.60. The number of halogens is 1. The molecular formula is C16H14FN3O. The Morgan fingerprint density at radius 2 is 1.81 bits per heavy atom. The van der Waals surface area contributed by atoms with E-state index in [0.717, 1.165) is 11.1 Å². The first-order valence-electron chi connectivity index (χ1n) is 6.60. The third-order valence-corrected chi connectivity index (χ3v) is 3.34. The average molecular weight is 283 g/mol. The molecule has 2 aromatic heterocycles. The molecule has 0 bridgehead atoms. The van der Waals surface area contributed by atoms with Crippen molar-refractivity contribution in [1.29, 1.82) is 0 Å². The van der Waals surface area contributed by atoms with Crippen LogP contribution in [-0.4, -0.2) is 20.3 Å². The van der Waals surface area contributed by atoms with Crippen molar-refractivity contribution >= 4 is 0 Å². The zero-order valence-electron chi connectivity index (χ0n) is 11.2. The molecule has 0 radical (unpaired) electrons. The molecule has 0 aliphatic carbocycles. The van der Waals surface area contributed by atoms with Crippen molar-refractivity contribution in [2.24, 2.45) is 0 Å². The molecule has 0 saturated carbocycles. The summed E-state index contributed by atoms with van der Waals surface area (Å²) >= 11 is 0. The normalized spacial score (nSPS) is 12.3. The van der Waals surface area contributed by atoms with E-state index in [-0.39, 0.29) is 5.82 Å². The number of hydrogen-bond donors (Lipinski definition) is 2. The topological polar surface area (TPSA) is 61.8 Å². The van der Waals surface area contributed by atoms with Crippen molar-refractivity contribution in [3.8, 4) is 11.3 Å². The standard InChI is InChI=1S/C16H14FN3O/c17-13-3-1-12(2-4-13)16-14(10-19-20-16)15(21)9-11-5-7-18-8-6-11/h1-8,10,15,21H,9H2,(H,19,20). The predicted octanol–water partition coefficient (Wildman–Crippen LogP) is 2.89. The fourth-order valence-electron chi connectivity index (χ4n) is 2.25. The van der Waals surface area contributed by atoms with Gasteiger partial charge in [-0.1, -0.05) is 0 Å². The van der Waals surface area contributed by atoms with Gasteiger partial charge < -0.3 is 5.11 Å². The Morgan fingerprint density at radius 3 is 2.52 bits per heavy atom. The van der Waals surface area contributed by atoms with Crippen LogP contribution in [0.5, 0.6) is 0 Å². The molecule has 106 valence electrons. The van der Waals surface area contributed by atoms with Crippen molar-refractivity contribution in [2.75, 3.05) is 0 Å². The van der Waals surface area contributed by atoms with Gasteiger partial charge in [-0.25, -0.2) is 4.39 Å². The number of benzene rings is 1. The summed E-state index contributed by atoms with van der Waals surface area (Å²) < 4.78 is 13.0. The Hall–Kier alpha value is -2.53. The van der Waals surface area contributed by atoms with Gasteiger partial charge in [0.1, 0.15) is 5.82 Å². The van der Waals surface area contributed by atoms with Crippen molar-refractivity contribution in [3.63, 3.8) is 0 Å². The van der Waals surface area contributed by atoms with Gasteiger partial charge in [-0.15, -0.1) is 0 Å². The number of H-pyrrole nitrogens is 1. The second kappa shape index (κ2) is 5.85. The van der Waals surface area contributed by atoms with Crippen molar-refractivity contribution in [3.05, 3.63) is 71.9 Å². The lowest BCUT2D eigenvalue weighted by Gasteiger charge is -2.11. The number of aliphatic hydroxyl groups is 1. The minimum Gasteiger partial charge on any atom is -0.388 e. The molecule has 0 spiro atoms. The van der Waals surface area contributed by atoms with Crippen LogP contribution < -0.4 is 0 Å². The van der Waals surface area contributed by atoms with Crippen LogP contribution in [0, 0.1) is 5.82 Å². The summed E-state index contributed by atoms with van der Waals surface area (Å²) in [7, 11) is 0. The molecule has 5 heteroatoms. The highest BCUT2D eigenvalue weighted by molar-refractivity contribution is 5.63. The van der Waals surface area contributed by atoms with Crippen LogP contribution in [0.15, 0.2) is 55.0 Å². The SMILES string of the molecule is OC(Cc1ccncc1)c1cn[nH]c1-c1ccc(F)cc1. The lowest BCUT2D eigenvalue weighted by atomic mass is 9.99. The zero-order chi connectivity index (χ0) is 14.7. The molecule has 0 fully saturated rings. The van der Waals surface area contributed by atoms with E-state index < -0.39 is 6.10 Å². The number of aromatic nitrogens is 3. The van der Waals surface area contributed by atoms with E-state index in [0.29, 0.717) is 17.7 Å². The molecule has 3 aromatic rings.